The van der Waals surface area contributed by atoms with Gasteiger partial charge < -0.3 is 5.11 Å². The SMILES string of the molecule is CCCC1CCCN(Cc2ncncc2C(=O)O)CC1. The first kappa shape index (κ1) is 14.9. The van der Waals surface area contributed by atoms with Crippen molar-refractivity contribution in [2.45, 2.75) is 45.6 Å². The van der Waals surface area contributed by atoms with Gasteiger partial charge in [-0.3, -0.25) is 4.90 Å². The summed E-state index contributed by atoms with van der Waals surface area (Å²) >= 11 is 0. The maximum Gasteiger partial charge on any atom is 0.339 e. The summed E-state index contributed by atoms with van der Waals surface area (Å²) in [7, 11) is 0. The van der Waals surface area contributed by atoms with Gasteiger partial charge in [0.2, 0.25) is 0 Å². The van der Waals surface area contributed by atoms with Gasteiger partial charge in [-0.25, -0.2) is 14.8 Å². The third-order valence-electron chi connectivity index (χ3n) is 4.04. The second-order valence-corrected chi connectivity index (χ2v) is 5.55. The van der Waals surface area contributed by atoms with E-state index in [1.54, 1.807) is 0 Å². The number of carboxylic acid groups (broad SMARTS) is 1. The Hall–Kier alpha value is -1.49. The van der Waals surface area contributed by atoms with E-state index in [0.29, 0.717) is 12.2 Å². The number of nitrogens with zero attached hydrogens (tertiary/aromatic N) is 3. The first-order valence-electron chi connectivity index (χ1n) is 7.45. The van der Waals surface area contributed by atoms with Crippen LogP contribution in [0.15, 0.2) is 12.5 Å². The van der Waals surface area contributed by atoms with Crippen molar-refractivity contribution in [3.05, 3.63) is 23.8 Å². The number of hydrogen-bond donors (Lipinski definition) is 1. The van der Waals surface area contributed by atoms with Crippen molar-refractivity contribution in [3.8, 4) is 0 Å². The minimum absolute atomic E-state index is 0.224. The lowest BCUT2D eigenvalue weighted by Gasteiger charge is -2.20. The maximum atomic E-state index is 11.2. The Morgan fingerprint density at radius 1 is 1.45 bits per heavy atom. The molecule has 1 unspecified atom stereocenters. The van der Waals surface area contributed by atoms with Crippen LogP contribution in [0.4, 0.5) is 0 Å². The monoisotopic (exact) mass is 277 g/mol. The second-order valence-electron chi connectivity index (χ2n) is 5.55. The van der Waals surface area contributed by atoms with Gasteiger partial charge in [-0.1, -0.05) is 19.8 Å². The molecule has 0 aliphatic carbocycles. The van der Waals surface area contributed by atoms with Gasteiger partial charge in [0.15, 0.2) is 0 Å². The van der Waals surface area contributed by atoms with Crippen LogP contribution in [0.1, 0.15) is 55.1 Å². The first-order chi connectivity index (χ1) is 9.70. The fraction of sp³-hybridized carbons (Fsp3) is 0.667. The molecule has 0 bridgehead atoms. The highest BCUT2D eigenvalue weighted by Gasteiger charge is 2.19. The molecule has 2 heterocycles. The van der Waals surface area contributed by atoms with Crippen LogP contribution in [0.3, 0.4) is 0 Å². The molecule has 1 aromatic heterocycles. The zero-order valence-electron chi connectivity index (χ0n) is 12.1. The highest BCUT2D eigenvalue weighted by molar-refractivity contribution is 5.88. The van der Waals surface area contributed by atoms with Gasteiger partial charge >= 0.3 is 5.97 Å². The van der Waals surface area contributed by atoms with E-state index in [1.807, 2.05) is 0 Å². The molecule has 0 saturated carbocycles. The van der Waals surface area contributed by atoms with Crippen molar-refractivity contribution in [1.82, 2.24) is 14.9 Å². The third-order valence-corrected chi connectivity index (χ3v) is 4.04. The molecule has 1 aliphatic heterocycles. The van der Waals surface area contributed by atoms with Crippen molar-refractivity contribution in [2.75, 3.05) is 13.1 Å². The summed E-state index contributed by atoms with van der Waals surface area (Å²) in [5.74, 6) is -0.117. The molecule has 1 aromatic rings. The standard InChI is InChI=1S/C15H23N3O2/c1-2-4-12-5-3-7-18(8-6-12)10-14-13(15(19)20)9-16-11-17-14/h9,11-12H,2-8,10H2,1H3,(H,19,20). The number of aromatic carboxylic acids is 1. The second kappa shape index (κ2) is 7.33. The predicted molar refractivity (Wildman–Crippen MR) is 76.5 cm³/mol. The molecule has 2 rings (SSSR count). The van der Waals surface area contributed by atoms with E-state index < -0.39 is 5.97 Å². The number of aromatic nitrogens is 2. The molecule has 1 atom stereocenters. The maximum absolute atomic E-state index is 11.2. The van der Waals surface area contributed by atoms with Crippen LogP contribution in [0.25, 0.3) is 0 Å². The smallest absolute Gasteiger partial charge is 0.339 e. The lowest BCUT2D eigenvalue weighted by molar-refractivity contribution is 0.0693. The molecule has 0 spiro atoms. The van der Waals surface area contributed by atoms with Crippen LogP contribution in [-0.2, 0) is 6.54 Å². The molecule has 5 nitrogen and oxygen atoms in total. The van der Waals surface area contributed by atoms with E-state index in [2.05, 4.69) is 21.8 Å². The van der Waals surface area contributed by atoms with E-state index in [1.165, 1.54) is 44.6 Å². The van der Waals surface area contributed by atoms with Crippen LogP contribution in [0, 0.1) is 5.92 Å². The van der Waals surface area contributed by atoms with Crippen molar-refractivity contribution < 1.29 is 9.90 Å². The molecule has 0 aromatic carbocycles. The number of hydrogen-bond acceptors (Lipinski definition) is 4. The lowest BCUT2D eigenvalue weighted by atomic mass is 9.96. The number of carboxylic acids is 1. The van der Waals surface area contributed by atoms with Crippen molar-refractivity contribution in [1.29, 1.82) is 0 Å². The Morgan fingerprint density at radius 2 is 2.30 bits per heavy atom. The summed E-state index contributed by atoms with van der Waals surface area (Å²) in [4.78, 5) is 21.4. The van der Waals surface area contributed by atoms with Crippen LogP contribution >= 0.6 is 0 Å². The molecular formula is C15H23N3O2. The molecule has 110 valence electrons. The van der Waals surface area contributed by atoms with Gasteiger partial charge in [-0.15, -0.1) is 0 Å². The predicted octanol–water partition coefficient (Wildman–Crippen LogP) is 2.58. The molecule has 1 saturated heterocycles. The summed E-state index contributed by atoms with van der Waals surface area (Å²) in [6, 6.07) is 0. The minimum Gasteiger partial charge on any atom is -0.478 e. The number of rotatable bonds is 5. The summed E-state index contributed by atoms with van der Waals surface area (Å²) in [6.45, 7) is 4.92. The Labute approximate surface area is 120 Å². The average molecular weight is 277 g/mol. The zero-order valence-corrected chi connectivity index (χ0v) is 12.1. The third kappa shape index (κ3) is 4.00. The fourth-order valence-electron chi connectivity index (χ4n) is 2.95. The summed E-state index contributed by atoms with van der Waals surface area (Å²) in [6.07, 6.45) is 9.07. The van der Waals surface area contributed by atoms with Gasteiger partial charge in [-0.2, -0.15) is 0 Å². The van der Waals surface area contributed by atoms with E-state index >= 15 is 0 Å². The zero-order chi connectivity index (χ0) is 14.4. The van der Waals surface area contributed by atoms with Crippen LogP contribution in [-0.4, -0.2) is 39.0 Å². The van der Waals surface area contributed by atoms with Crippen molar-refractivity contribution in [3.63, 3.8) is 0 Å². The van der Waals surface area contributed by atoms with E-state index in [-0.39, 0.29) is 5.56 Å². The van der Waals surface area contributed by atoms with Gasteiger partial charge in [-0.05, 0) is 38.3 Å². The molecule has 1 aliphatic rings. The van der Waals surface area contributed by atoms with E-state index in [4.69, 9.17) is 5.11 Å². The average Bonchev–Trinajstić information content (AvgIpc) is 2.65. The molecular weight excluding hydrogens is 254 g/mol. The summed E-state index contributed by atoms with van der Waals surface area (Å²) in [5, 5.41) is 9.16. The molecule has 0 amide bonds. The van der Waals surface area contributed by atoms with Crippen LogP contribution < -0.4 is 0 Å². The Morgan fingerprint density at radius 3 is 3.05 bits per heavy atom. The van der Waals surface area contributed by atoms with Gasteiger partial charge in [0.25, 0.3) is 0 Å². The lowest BCUT2D eigenvalue weighted by Crippen LogP contribution is -2.26. The number of carbonyl (C=O) groups is 1. The van der Waals surface area contributed by atoms with E-state index in [0.717, 1.165) is 19.0 Å². The first-order valence-corrected chi connectivity index (χ1v) is 7.45. The number of likely N-dealkylation sites (tertiary alicyclic amines) is 1. The molecule has 0 radical (unpaired) electrons. The molecule has 5 heteroatoms. The van der Waals surface area contributed by atoms with Gasteiger partial charge in [0, 0.05) is 12.7 Å². The normalized spacial score (nSPS) is 20.6. The van der Waals surface area contributed by atoms with Gasteiger partial charge in [0.05, 0.1) is 5.69 Å². The van der Waals surface area contributed by atoms with Crippen molar-refractivity contribution in [2.24, 2.45) is 5.92 Å². The quantitative estimate of drug-likeness (QED) is 0.896. The van der Waals surface area contributed by atoms with Crippen LogP contribution in [0.5, 0.6) is 0 Å². The van der Waals surface area contributed by atoms with Crippen molar-refractivity contribution >= 4 is 5.97 Å². The summed E-state index contributed by atoms with van der Waals surface area (Å²) < 4.78 is 0. The molecule has 1 fully saturated rings. The Balaban J connectivity index is 1.98. The van der Waals surface area contributed by atoms with Gasteiger partial charge in [0.1, 0.15) is 11.9 Å². The fourth-order valence-corrected chi connectivity index (χ4v) is 2.95. The molecule has 20 heavy (non-hydrogen) atoms. The van der Waals surface area contributed by atoms with Crippen LogP contribution in [0.2, 0.25) is 0 Å². The minimum atomic E-state index is -0.945. The molecule has 1 N–H and O–H groups in total. The highest BCUT2D eigenvalue weighted by Crippen LogP contribution is 2.22. The topological polar surface area (TPSA) is 66.3 Å². The Kier molecular flexibility index (Phi) is 5.47. The Bertz CT molecular complexity index is 450. The summed E-state index contributed by atoms with van der Waals surface area (Å²) in [5.41, 5.74) is 0.850. The highest BCUT2D eigenvalue weighted by atomic mass is 16.4. The van der Waals surface area contributed by atoms with E-state index in [9.17, 15) is 4.79 Å². The largest absolute Gasteiger partial charge is 0.478 e.